The number of ether oxygens (including phenoxy) is 1. The SMILES string of the molecule is COc1c(CC(F)(F)CN)ccc(F)c1F. The fraction of sp³-hybridized carbons (Fsp3) is 0.400. The minimum Gasteiger partial charge on any atom is -0.493 e. The molecule has 0 fully saturated rings. The van der Waals surface area contributed by atoms with Crippen LogP contribution in [0.3, 0.4) is 0 Å². The van der Waals surface area contributed by atoms with Crippen LogP contribution in [0.2, 0.25) is 0 Å². The molecule has 0 saturated carbocycles. The van der Waals surface area contributed by atoms with Crippen LogP contribution in [0.5, 0.6) is 5.75 Å². The summed E-state index contributed by atoms with van der Waals surface area (Å²) in [5.74, 6) is -6.09. The first-order valence-corrected chi connectivity index (χ1v) is 4.50. The molecule has 0 radical (unpaired) electrons. The second-order valence-corrected chi connectivity index (χ2v) is 3.29. The Labute approximate surface area is 90.0 Å². The maximum absolute atomic E-state index is 13.2. The van der Waals surface area contributed by atoms with E-state index < -0.39 is 36.3 Å². The molecule has 2 nitrogen and oxygen atoms in total. The predicted molar refractivity (Wildman–Crippen MR) is 50.6 cm³/mol. The summed E-state index contributed by atoms with van der Waals surface area (Å²) < 4.78 is 56.5. The highest BCUT2D eigenvalue weighted by Crippen LogP contribution is 2.29. The van der Waals surface area contributed by atoms with Crippen LogP contribution in [0, 0.1) is 11.6 Å². The molecule has 6 heteroatoms. The second kappa shape index (κ2) is 4.69. The third kappa shape index (κ3) is 2.63. The first kappa shape index (κ1) is 12.8. The Morgan fingerprint density at radius 2 is 1.94 bits per heavy atom. The Morgan fingerprint density at radius 1 is 1.31 bits per heavy atom. The monoisotopic (exact) mass is 237 g/mol. The van der Waals surface area contributed by atoms with Crippen molar-refractivity contribution in [1.82, 2.24) is 0 Å². The topological polar surface area (TPSA) is 35.2 Å². The van der Waals surface area contributed by atoms with Crippen molar-refractivity contribution in [3.8, 4) is 5.75 Å². The van der Waals surface area contributed by atoms with Gasteiger partial charge in [0.1, 0.15) is 0 Å². The second-order valence-electron chi connectivity index (χ2n) is 3.29. The molecule has 0 spiro atoms. The molecular weight excluding hydrogens is 226 g/mol. The molecule has 90 valence electrons. The summed E-state index contributed by atoms with van der Waals surface area (Å²) >= 11 is 0. The van der Waals surface area contributed by atoms with Crippen molar-refractivity contribution in [2.45, 2.75) is 12.3 Å². The van der Waals surface area contributed by atoms with Crippen LogP contribution < -0.4 is 10.5 Å². The molecule has 16 heavy (non-hydrogen) atoms. The number of rotatable bonds is 4. The van der Waals surface area contributed by atoms with E-state index in [9.17, 15) is 17.6 Å². The third-order valence-corrected chi connectivity index (χ3v) is 2.08. The molecule has 0 amide bonds. The number of hydrogen-bond donors (Lipinski definition) is 1. The fourth-order valence-electron chi connectivity index (χ4n) is 1.28. The average molecular weight is 237 g/mol. The van der Waals surface area contributed by atoms with Crippen molar-refractivity contribution in [1.29, 1.82) is 0 Å². The van der Waals surface area contributed by atoms with Gasteiger partial charge in [-0.15, -0.1) is 0 Å². The van der Waals surface area contributed by atoms with Gasteiger partial charge in [0.15, 0.2) is 11.6 Å². The minimum atomic E-state index is -3.17. The Morgan fingerprint density at radius 3 is 2.44 bits per heavy atom. The first-order valence-electron chi connectivity index (χ1n) is 4.50. The molecule has 0 aliphatic heterocycles. The first-order chi connectivity index (χ1) is 7.41. The van der Waals surface area contributed by atoms with Crippen molar-refractivity contribution >= 4 is 0 Å². The average Bonchev–Trinajstić information content (AvgIpc) is 2.24. The Kier molecular flexibility index (Phi) is 3.74. The lowest BCUT2D eigenvalue weighted by Gasteiger charge is -2.16. The van der Waals surface area contributed by atoms with Gasteiger partial charge >= 0.3 is 0 Å². The molecule has 0 atom stereocenters. The summed E-state index contributed by atoms with van der Waals surface area (Å²) in [5, 5.41) is 0. The molecule has 0 bridgehead atoms. The zero-order chi connectivity index (χ0) is 12.3. The van der Waals surface area contributed by atoms with Crippen LogP contribution in [0.15, 0.2) is 12.1 Å². The normalized spacial score (nSPS) is 11.6. The van der Waals surface area contributed by atoms with Gasteiger partial charge in [-0.1, -0.05) is 6.07 Å². The van der Waals surface area contributed by atoms with E-state index >= 15 is 0 Å². The maximum Gasteiger partial charge on any atom is 0.264 e. The molecule has 0 aliphatic rings. The van der Waals surface area contributed by atoms with Crippen molar-refractivity contribution < 1.29 is 22.3 Å². The molecular formula is C10H11F4NO. The molecule has 1 aromatic carbocycles. The summed E-state index contributed by atoms with van der Waals surface area (Å²) in [6.45, 7) is -0.866. The van der Waals surface area contributed by atoms with E-state index in [1.54, 1.807) is 0 Å². The van der Waals surface area contributed by atoms with E-state index in [2.05, 4.69) is 4.74 Å². The molecule has 1 aromatic rings. The van der Waals surface area contributed by atoms with Crippen molar-refractivity contribution in [2.75, 3.05) is 13.7 Å². The van der Waals surface area contributed by atoms with Gasteiger partial charge in [0.2, 0.25) is 5.82 Å². The highest BCUT2D eigenvalue weighted by molar-refractivity contribution is 5.36. The zero-order valence-corrected chi connectivity index (χ0v) is 8.57. The minimum absolute atomic E-state index is 0.114. The summed E-state index contributed by atoms with van der Waals surface area (Å²) in [6, 6.07) is 1.83. The van der Waals surface area contributed by atoms with E-state index in [0.29, 0.717) is 0 Å². The van der Waals surface area contributed by atoms with Crippen LogP contribution in [-0.2, 0) is 6.42 Å². The van der Waals surface area contributed by atoms with Crippen LogP contribution in [-0.4, -0.2) is 19.6 Å². The number of halogens is 4. The van der Waals surface area contributed by atoms with Gasteiger partial charge in [0.05, 0.1) is 13.7 Å². The van der Waals surface area contributed by atoms with Crippen molar-refractivity contribution in [3.05, 3.63) is 29.3 Å². The molecule has 0 saturated heterocycles. The molecule has 0 aromatic heterocycles. The number of nitrogens with two attached hydrogens (primary N) is 1. The van der Waals surface area contributed by atoms with Crippen molar-refractivity contribution in [3.63, 3.8) is 0 Å². The lowest BCUT2D eigenvalue weighted by Crippen LogP contribution is -2.30. The standard InChI is InChI=1S/C10H11F4NO/c1-16-9-6(4-10(13,14)5-15)2-3-7(11)8(9)12/h2-3H,4-5,15H2,1H3. The molecule has 0 unspecified atom stereocenters. The number of hydrogen-bond acceptors (Lipinski definition) is 2. The van der Waals surface area contributed by atoms with E-state index in [-0.39, 0.29) is 5.56 Å². The molecule has 2 N–H and O–H groups in total. The quantitative estimate of drug-likeness (QED) is 0.814. The number of methoxy groups -OCH3 is 1. The highest BCUT2D eigenvalue weighted by atomic mass is 19.3. The number of alkyl halides is 2. The van der Waals surface area contributed by atoms with Gasteiger partial charge in [-0.25, -0.2) is 13.2 Å². The van der Waals surface area contributed by atoms with Crippen LogP contribution in [0.25, 0.3) is 0 Å². The van der Waals surface area contributed by atoms with Gasteiger partial charge in [-0.05, 0) is 6.07 Å². The van der Waals surface area contributed by atoms with Gasteiger partial charge in [0.25, 0.3) is 5.92 Å². The molecule has 0 aliphatic carbocycles. The van der Waals surface area contributed by atoms with Crippen LogP contribution in [0.1, 0.15) is 5.56 Å². The van der Waals surface area contributed by atoms with Crippen molar-refractivity contribution in [2.24, 2.45) is 5.73 Å². The van der Waals surface area contributed by atoms with Gasteiger partial charge in [0, 0.05) is 12.0 Å². The largest absolute Gasteiger partial charge is 0.493 e. The Bertz CT molecular complexity index is 381. The van der Waals surface area contributed by atoms with Gasteiger partial charge in [-0.2, -0.15) is 4.39 Å². The van der Waals surface area contributed by atoms with E-state index in [1.807, 2.05) is 0 Å². The lowest BCUT2D eigenvalue weighted by molar-refractivity contribution is 0.0108. The van der Waals surface area contributed by atoms with E-state index in [4.69, 9.17) is 5.73 Å². The van der Waals surface area contributed by atoms with Crippen LogP contribution >= 0.6 is 0 Å². The van der Waals surface area contributed by atoms with Gasteiger partial charge in [-0.3, -0.25) is 0 Å². The number of benzene rings is 1. The zero-order valence-electron chi connectivity index (χ0n) is 8.57. The maximum atomic E-state index is 13.2. The highest BCUT2D eigenvalue weighted by Gasteiger charge is 2.29. The van der Waals surface area contributed by atoms with E-state index in [1.165, 1.54) is 0 Å². The van der Waals surface area contributed by atoms with Gasteiger partial charge < -0.3 is 10.5 Å². The molecule has 1 rings (SSSR count). The summed E-state index contributed by atoms with van der Waals surface area (Å²) in [4.78, 5) is 0. The molecule has 0 heterocycles. The van der Waals surface area contributed by atoms with E-state index in [0.717, 1.165) is 19.2 Å². The Hall–Kier alpha value is -1.30. The third-order valence-electron chi connectivity index (χ3n) is 2.08. The summed E-state index contributed by atoms with van der Waals surface area (Å²) in [7, 11) is 1.09. The Balaban J connectivity index is 3.10. The fourth-order valence-corrected chi connectivity index (χ4v) is 1.28. The smallest absolute Gasteiger partial charge is 0.264 e. The predicted octanol–water partition coefficient (Wildman–Crippen LogP) is 2.11. The summed E-state index contributed by atoms with van der Waals surface area (Å²) in [5.41, 5.74) is 4.74. The summed E-state index contributed by atoms with van der Waals surface area (Å²) in [6.07, 6.45) is -0.788. The van der Waals surface area contributed by atoms with Crippen LogP contribution in [0.4, 0.5) is 17.6 Å². The lowest BCUT2D eigenvalue weighted by atomic mass is 10.1.